The van der Waals surface area contributed by atoms with Crippen molar-refractivity contribution in [3.63, 3.8) is 0 Å². The molecule has 9 nitrogen and oxygen atoms in total. The van der Waals surface area contributed by atoms with Gasteiger partial charge in [0.25, 0.3) is 5.91 Å². The van der Waals surface area contributed by atoms with E-state index in [-0.39, 0.29) is 30.0 Å². The summed E-state index contributed by atoms with van der Waals surface area (Å²) in [7, 11) is 3.25. The number of carbonyl (C=O) groups is 2. The van der Waals surface area contributed by atoms with Gasteiger partial charge in [-0.2, -0.15) is 0 Å². The number of benzene rings is 2. The molecule has 1 N–H and O–H groups in total. The molecule has 0 unspecified atom stereocenters. The van der Waals surface area contributed by atoms with Gasteiger partial charge >= 0.3 is 6.09 Å². The molecule has 2 aliphatic rings. The Balaban J connectivity index is 1.35. The van der Waals surface area contributed by atoms with Crippen LogP contribution in [0.4, 0.5) is 4.79 Å². The van der Waals surface area contributed by atoms with Gasteiger partial charge in [0.2, 0.25) is 0 Å². The van der Waals surface area contributed by atoms with Crippen LogP contribution in [-0.2, 0) is 15.9 Å². The van der Waals surface area contributed by atoms with E-state index in [0.717, 1.165) is 32.4 Å². The molecule has 2 fully saturated rings. The molecule has 2 aromatic carbocycles. The van der Waals surface area contributed by atoms with Crippen LogP contribution in [0.2, 0.25) is 0 Å². The SMILES string of the molecule is COCCCOc1cc(C(=O)N(C(C)C)[C@H]2CNC[C@@H](COC(=O)N(CCc3ccccc3)CC3CC3)C2)ccc1OC. The maximum atomic E-state index is 13.9. The number of nitrogens with zero attached hydrogens (tertiary/aromatic N) is 2. The second-order valence-electron chi connectivity index (χ2n) is 12.0. The van der Waals surface area contributed by atoms with Crippen LogP contribution in [0.1, 0.15) is 55.5 Å². The molecule has 43 heavy (non-hydrogen) atoms. The summed E-state index contributed by atoms with van der Waals surface area (Å²) in [6.45, 7) is 8.32. The van der Waals surface area contributed by atoms with E-state index in [1.807, 2.05) is 41.8 Å². The first-order chi connectivity index (χ1) is 20.9. The Hall–Kier alpha value is -3.30. The van der Waals surface area contributed by atoms with Crippen molar-refractivity contribution >= 4 is 12.0 Å². The lowest BCUT2D eigenvalue weighted by atomic mass is 9.94. The van der Waals surface area contributed by atoms with Crippen molar-refractivity contribution in [2.24, 2.45) is 11.8 Å². The van der Waals surface area contributed by atoms with Crippen LogP contribution in [0, 0.1) is 11.8 Å². The van der Waals surface area contributed by atoms with Gasteiger partial charge in [0.1, 0.15) is 0 Å². The van der Waals surface area contributed by atoms with Gasteiger partial charge in [0.15, 0.2) is 11.5 Å². The number of methoxy groups -OCH3 is 2. The highest BCUT2D eigenvalue weighted by Gasteiger charge is 2.33. The Labute approximate surface area is 256 Å². The molecular formula is C34H49N3O6. The minimum Gasteiger partial charge on any atom is -0.493 e. The van der Waals surface area contributed by atoms with E-state index in [2.05, 4.69) is 17.4 Å². The third-order valence-electron chi connectivity index (χ3n) is 8.15. The second-order valence-corrected chi connectivity index (χ2v) is 12.0. The van der Waals surface area contributed by atoms with Gasteiger partial charge in [-0.15, -0.1) is 0 Å². The van der Waals surface area contributed by atoms with Gasteiger partial charge in [-0.05, 0) is 69.2 Å². The van der Waals surface area contributed by atoms with Crippen molar-refractivity contribution in [2.75, 3.05) is 60.2 Å². The molecule has 1 saturated heterocycles. The van der Waals surface area contributed by atoms with Crippen molar-refractivity contribution in [2.45, 2.75) is 58.0 Å². The molecule has 2 aromatic rings. The molecular weight excluding hydrogens is 546 g/mol. The highest BCUT2D eigenvalue weighted by molar-refractivity contribution is 5.95. The number of hydrogen-bond acceptors (Lipinski definition) is 7. The summed E-state index contributed by atoms with van der Waals surface area (Å²) in [6.07, 6.45) is 4.43. The average molecular weight is 596 g/mol. The van der Waals surface area contributed by atoms with Gasteiger partial charge in [0.05, 0.1) is 20.3 Å². The van der Waals surface area contributed by atoms with E-state index in [0.29, 0.717) is 55.9 Å². The molecule has 2 atom stereocenters. The Morgan fingerprint density at radius 3 is 2.47 bits per heavy atom. The number of nitrogens with one attached hydrogen (secondary N) is 1. The first-order valence-electron chi connectivity index (χ1n) is 15.7. The summed E-state index contributed by atoms with van der Waals surface area (Å²) in [5.74, 6) is 1.78. The summed E-state index contributed by atoms with van der Waals surface area (Å²) >= 11 is 0. The Kier molecular flexibility index (Phi) is 12.5. The summed E-state index contributed by atoms with van der Waals surface area (Å²) in [4.78, 5) is 30.9. The highest BCUT2D eigenvalue weighted by Crippen LogP contribution is 2.31. The Morgan fingerprint density at radius 1 is 0.977 bits per heavy atom. The number of amides is 2. The van der Waals surface area contributed by atoms with Crippen LogP contribution in [-0.4, -0.2) is 94.1 Å². The zero-order valence-corrected chi connectivity index (χ0v) is 26.3. The zero-order valence-electron chi connectivity index (χ0n) is 26.3. The highest BCUT2D eigenvalue weighted by atomic mass is 16.6. The van der Waals surface area contributed by atoms with Gasteiger partial charge in [-0.3, -0.25) is 4.79 Å². The summed E-state index contributed by atoms with van der Waals surface area (Å²) in [6, 6.07) is 15.6. The maximum absolute atomic E-state index is 13.9. The third kappa shape index (κ3) is 9.86. The van der Waals surface area contributed by atoms with Crippen molar-refractivity contribution < 1.29 is 28.5 Å². The lowest BCUT2D eigenvalue weighted by Gasteiger charge is -2.40. The first-order valence-corrected chi connectivity index (χ1v) is 15.7. The number of piperidine rings is 1. The van der Waals surface area contributed by atoms with Gasteiger partial charge < -0.3 is 34.1 Å². The van der Waals surface area contributed by atoms with E-state index < -0.39 is 0 Å². The largest absolute Gasteiger partial charge is 0.493 e. The Morgan fingerprint density at radius 2 is 1.77 bits per heavy atom. The van der Waals surface area contributed by atoms with Gasteiger partial charge in [0, 0.05) is 69.9 Å². The first kappa shape index (κ1) is 32.6. The molecule has 2 amide bonds. The summed E-state index contributed by atoms with van der Waals surface area (Å²) < 4.78 is 22.4. The number of ether oxygens (including phenoxy) is 4. The van der Waals surface area contributed by atoms with Crippen LogP contribution in [0.25, 0.3) is 0 Å². The van der Waals surface area contributed by atoms with E-state index in [9.17, 15) is 9.59 Å². The van der Waals surface area contributed by atoms with E-state index >= 15 is 0 Å². The predicted octanol–water partition coefficient (Wildman–Crippen LogP) is 5.03. The van der Waals surface area contributed by atoms with Crippen LogP contribution in [0.5, 0.6) is 11.5 Å². The third-order valence-corrected chi connectivity index (χ3v) is 8.15. The molecule has 1 heterocycles. The van der Waals surface area contributed by atoms with Crippen LogP contribution in [0.3, 0.4) is 0 Å². The average Bonchev–Trinajstić information content (AvgIpc) is 3.85. The lowest BCUT2D eigenvalue weighted by molar-refractivity contribution is 0.0437. The van der Waals surface area contributed by atoms with Gasteiger partial charge in [-0.1, -0.05) is 30.3 Å². The predicted molar refractivity (Wildman–Crippen MR) is 167 cm³/mol. The molecule has 0 radical (unpaired) electrons. The second kappa shape index (κ2) is 16.5. The van der Waals surface area contributed by atoms with E-state index in [1.54, 1.807) is 32.4 Å². The number of rotatable bonds is 16. The zero-order chi connectivity index (χ0) is 30.6. The topological polar surface area (TPSA) is 89.6 Å². The van der Waals surface area contributed by atoms with Crippen molar-refractivity contribution in [1.29, 1.82) is 0 Å². The smallest absolute Gasteiger partial charge is 0.409 e. The van der Waals surface area contributed by atoms with Crippen LogP contribution < -0.4 is 14.8 Å². The number of hydrogen-bond donors (Lipinski definition) is 1. The fourth-order valence-corrected chi connectivity index (χ4v) is 5.68. The Bertz CT molecular complexity index is 1160. The fourth-order valence-electron chi connectivity index (χ4n) is 5.68. The minimum absolute atomic E-state index is 0.0132. The molecule has 1 aliphatic heterocycles. The standard InChI is InChI=1S/C34H49N3O6/c1-25(2)37(33(38)29-13-14-31(41-4)32(20-29)42-18-8-17-40-3)30-19-28(21-35-22-30)24-43-34(39)36(23-27-11-12-27)16-15-26-9-6-5-7-10-26/h5-7,9-10,13-14,20,25,27-28,30,35H,8,11-12,15-19,21-24H2,1-4H3/t28-,30+/m0/s1. The molecule has 9 heteroatoms. The summed E-state index contributed by atoms with van der Waals surface area (Å²) in [5, 5.41) is 3.48. The maximum Gasteiger partial charge on any atom is 0.409 e. The van der Waals surface area contributed by atoms with Crippen LogP contribution >= 0.6 is 0 Å². The van der Waals surface area contributed by atoms with E-state index in [1.165, 1.54) is 18.4 Å². The van der Waals surface area contributed by atoms with Gasteiger partial charge in [-0.25, -0.2) is 4.79 Å². The molecule has 4 rings (SSSR count). The minimum atomic E-state index is -0.238. The van der Waals surface area contributed by atoms with Crippen LogP contribution in [0.15, 0.2) is 48.5 Å². The van der Waals surface area contributed by atoms with Crippen molar-refractivity contribution in [1.82, 2.24) is 15.1 Å². The number of carbonyl (C=O) groups excluding carboxylic acids is 2. The normalized spacial score (nSPS) is 18.3. The monoisotopic (exact) mass is 595 g/mol. The molecule has 1 saturated carbocycles. The molecule has 0 spiro atoms. The molecule has 1 aliphatic carbocycles. The van der Waals surface area contributed by atoms with Crippen molar-refractivity contribution in [3.05, 3.63) is 59.7 Å². The molecule has 0 bridgehead atoms. The molecule has 0 aromatic heterocycles. The lowest BCUT2D eigenvalue weighted by Crippen LogP contribution is -2.54. The summed E-state index contributed by atoms with van der Waals surface area (Å²) in [5.41, 5.74) is 1.77. The van der Waals surface area contributed by atoms with E-state index in [4.69, 9.17) is 18.9 Å². The fraction of sp³-hybridized carbons (Fsp3) is 0.588. The van der Waals surface area contributed by atoms with Crippen molar-refractivity contribution in [3.8, 4) is 11.5 Å². The molecule has 236 valence electrons. The quantitative estimate of drug-likeness (QED) is 0.272.